The SMILES string of the molecule is CCCCCCCCCCOc1ccc(C=Nc2ccc(-c3ccc(N=Cc4ccc(OCCCCCCCCCC)c(OCCCCCCCCCC)c4OCCCCCCCCCC)cc3)cc2)c(OCCCCCCCCCC)c1OCCCCCCCCCC. The second-order valence-electron chi connectivity index (χ2n) is 27.2. The van der Waals surface area contributed by atoms with Gasteiger partial charge in [0.2, 0.25) is 11.5 Å². The zero-order valence-electron chi connectivity index (χ0n) is 61.6. The summed E-state index contributed by atoms with van der Waals surface area (Å²) in [4.78, 5) is 10.1. The minimum absolute atomic E-state index is 0.635. The molecule has 0 radical (unpaired) electrons. The molecule has 0 heterocycles. The van der Waals surface area contributed by atoms with Crippen molar-refractivity contribution in [2.75, 3.05) is 39.6 Å². The van der Waals surface area contributed by atoms with Gasteiger partial charge in [0, 0.05) is 23.6 Å². The van der Waals surface area contributed by atoms with E-state index in [0.29, 0.717) is 39.6 Å². The highest BCUT2D eigenvalue weighted by atomic mass is 16.5. The molecule has 0 amide bonds. The van der Waals surface area contributed by atoms with Crippen molar-refractivity contribution in [3.05, 3.63) is 83.9 Å². The highest BCUT2D eigenvalue weighted by molar-refractivity contribution is 5.89. The number of hydrogen-bond acceptors (Lipinski definition) is 8. The van der Waals surface area contributed by atoms with Crippen molar-refractivity contribution in [1.29, 1.82) is 0 Å². The van der Waals surface area contributed by atoms with E-state index in [-0.39, 0.29) is 0 Å². The van der Waals surface area contributed by atoms with Crippen molar-refractivity contribution in [1.82, 2.24) is 0 Å². The largest absolute Gasteiger partial charge is 0.490 e. The van der Waals surface area contributed by atoms with Crippen LogP contribution in [-0.2, 0) is 0 Å². The average molecular weight is 1300 g/mol. The zero-order chi connectivity index (χ0) is 66.7. The highest BCUT2D eigenvalue weighted by Crippen LogP contribution is 2.43. The van der Waals surface area contributed by atoms with E-state index < -0.39 is 0 Å². The Morgan fingerprint density at radius 3 is 0.649 bits per heavy atom. The summed E-state index contributed by atoms with van der Waals surface area (Å²) in [6.07, 6.45) is 64.2. The van der Waals surface area contributed by atoms with Crippen LogP contribution in [0, 0.1) is 0 Å². The van der Waals surface area contributed by atoms with Gasteiger partial charge in [-0.2, -0.15) is 0 Å². The van der Waals surface area contributed by atoms with Gasteiger partial charge in [-0.3, -0.25) is 9.98 Å². The molecule has 0 N–H and O–H groups in total. The molecule has 0 atom stereocenters. The van der Waals surface area contributed by atoms with E-state index in [4.69, 9.17) is 38.4 Å². The van der Waals surface area contributed by atoms with Gasteiger partial charge in [-0.25, -0.2) is 0 Å². The number of hydrogen-bond donors (Lipinski definition) is 0. The van der Waals surface area contributed by atoms with Crippen LogP contribution in [0.3, 0.4) is 0 Å². The van der Waals surface area contributed by atoms with Crippen molar-refractivity contribution < 1.29 is 28.4 Å². The molecule has 530 valence electrons. The third-order valence-corrected chi connectivity index (χ3v) is 18.5. The minimum Gasteiger partial charge on any atom is -0.490 e. The first-order chi connectivity index (χ1) is 46.6. The lowest BCUT2D eigenvalue weighted by Crippen LogP contribution is -2.08. The summed E-state index contributed by atoms with van der Waals surface area (Å²) in [6, 6.07) is 25.4. The fraction of sp³-hybridized carbons (Fsp3) is 0.698. The summed E-state index contributed by atoms with van der Waals surface area (Å²) in [5, 5.41) is 0. The van der Waals surface area contributed by atoms with Gasteiger partial charge in [-0.1, -0.05) is 335 Å². The van der Waals surface area contributed by atoms with Crippen molar-refractivity contribution in [3.63, 3.8) is 0 Å². The van der Waals surface area contributed by atoms with Crippen molar-refractivity contribution in [3.8, 4) is 45.6 Å². The molecule has 0 unspecified atom stereocenters. The Hall–Kier alpha value is -4.98. The maximum atomic E-state index is 6.80. The molecule has 8 nitrogen and oxygen atoms in total. The summed E-state index contributed by atoms with van der Waals surface area (Å²) in [7, 11) is 0. The summed E-state index contributed by atoms with van der Waals surface area (Å²) in [5.41, 5.74) is 5.82. The van der Waals surface area contributed by atoms with Gasteiger partial charge in [0.15, 0.2) is 23.0 Å². The molecule has 0 aliphatic carbocycles. The summed E-state index contributed by atoms with van der Waals surface area (Å²) < 4.78 is 40.3. The summed E-state index contributed by atoms with van der Waals surface area (Å²) in [5.74, 6) is 4.52. The van der Waals surface area contributed by atoms with E-state index in [1.807, 2.05) is 12.4 Å². The smallest absolute Gasteiger partial charge is 0.204 e. The molecule has 4 aromatic rings. The number of ether oxygens (including phenoxy) is 6. The van der Waals surface area contributed by atoms with Crippen LogP contribution in [0.15, 0.2) is 82.8 Å². The number of nitrogens with zero attached hydrogens (tertiary/aromatic N) is 2. The van der Waals surface area contributed by atoms with Crippen LogP contribution in [0.4, 0.5) is 11.4 Å². The van der Waals surface area contributed by atoms with E-state index >= 15 is 0 Å². The van der Waals surface area contributed by atoms with Crippen LogP contribution in [0.25, 0.3) is 11.1 Å². The molecule has 0 aliphatic rings. The fourth-order valence-corrected chi connectivity index (χ4v) is 12.4. The first-order valence-electron chi connectivity index (χ1n) is 40.0. The van der Waals surface area contributed by atoms with Gasteiger partial charge in [0.1, 0.15) is 0 Å². The van der Waals surface area contributed by atoms with Crippen molar-refractivity contribution in [2.24, 2.45) is 9.98 Å². The van der Waals surface area contributed by atoms with E-state index in [1.165, 1.54) is 257 Å². The molecule has 0 saturated carbocycles. The lowest BCUT2D eigenvalue weighted by molar-refractivity contribution is 0.234. The van der Waals surface area contributed by atoms with Gasteiger partial charge in [0.05, 0.1) is 51.0 Å². The van der Waals surface area contributed by atoms with Crippen LogP contribution in [0.2, 0.25) is 0 Å². The van der Waals surface area contributed by atoms with Crippen molar-refractivity contribution >= 4 is 23.8 Å². The van der Waals surface area contributed by atoms with Crippen LogP contribution in [-0.4, -0.2) is 52.1 Å². The third kappa shape index (κ3) is 38.7. The molecule has 4 rings (SSSR count). The van der Waals surface area contributed by atoms with E-state index in [0.717, 1.165) is 119 Å². The Kier molecular flexibility index (Phi) is 50.4. The number of aliphatic imine (C=N–C) groups is 2. The molecular formula is C86H140N2O6. The molecule has 0 aliphatic heterocycles. The third-order valence-electron chi connectivity index (χ3n) is 18.5. The molecule has 0 saturated heterocycles. The minimum atomic E-state index is 0.635. The molecule has 0 bridgehead atoms. The van der Waals surface area contributed by atoms with Gasteiger partial charge < -0.3 is 28.4 Å². The quantitative estimate of drug-likeness (QED) is 0.0324. The van der Waals surface area contributed by atoms with E-state index in [9.17, 15) is 0 Å². The van der Waals surface area contributed by atoms with Gasteiger partial charge in [-0.05, 0) is 98.2 Å². The number of unbranched alkanes of at least 4 members (excludes halogenated alkanes) is 42. The lowest BCUT2D eigenvalue weighted by atomic mass is 10.1. The Balaban J connectivity index is 1.54. The normalized spacial score (nSPS) is 11.6. The first kappa shape index (κ1) is 81.4. The Morgan fingerprint density at radius 1 is 0.213 bits per heavy atom. The number of rotatable bonds is 65. The first-order valence-corrected chi connectivity index (χ1v) is 40.0. The molecule has 0 aromatic heterocycles. The van der Waals surface area contributed by atoms with Crippen LogP contribution < -0.4 is 28.4 Å². The predicted molar refractivity (Wildman–Crippen MR) is 408 cm³/mol. The van der Waals surface area contributed by atoms with E-state index in [2.05, 4.69) is 114 Å². The monoisotopic (exact) mass is 1300 g/mol. The standard InChI is InChI=1S/C86H140N2O6/c1-7-13-19-25-31-37-43-49-67-89-81-65-59-77(83(91-69-51-45-39-33-27-21-15-9-3)85(81)93-71-53-47-41-35-29-23-17-11-5)73-87-79-61-55-75(56-62-79)76-57-63-80(64-58-76)88-74-78-60-66-82(90-68-50-44-38-32-26-20-14-8-2)86(94-72-54-48-42-36-30-24-18-12-6)84(78)92-70-52-46-40-34-28-22-16-10-4/h55-66,73-74H,7-54,67-72H2,1-6H3. The Morgan fingerprint density at radius 2 is 0.415 bits per heavy atom. The lowest BCUT2D eigenvalue weighted by Gasteiger charge is -2.19. The average Bonchev–Trinajstić information content (AvgIpc) is 0.846. The molecule has 94 heavy (non-hydrogen) atoms. The molecule has 8 heteroatoms. The molecule has 0 spiro atoms. The maximum absolute atomic E-state index is 6.80. The highest BCUT2D eigenvalue weighted by Gasteiger charge is 2.20. The van der Waals surface area contributed by atoms with Crippen molar-refractivity contribution in [2.45, 2.75) is 350 Å². The van der Waals surface area contributed by atoms with Crippen LogP contribution >= 0.6 is 0 Å². The Labute approximate surface area is 578 Å². The fourth-order valence-electron chi connectivity index (χ4n) is 12.4. The Bertz CT molecular complexity index is 2260. The van der Waals surface area contributed by atoms with Gasteiger partial charge >= 0.3 is 0 Å². The zero-order valence-corrected chi connectivity index (χ0v) is 61.6. The molecular weight excluding hydrogens is 1160 g/mol. The molecule has 0 fully saturated rings. The van der Waals surface area contributed by atoms with Gasteiger partial charge in [0.25, 0.3) is 0 Å². The van der Waals surface area contributed by atoms with Crippen LogP contribution in [0.5, 0.6) is 34.5 Å². The molecule has 4 aromatic carbocycles. The maximum Gasteiger partial charge on any atom is 0.204 e. The summed E-state index contributed by atoms with van der Waals surface area (Å²) >= 11 is 0. The van der Waals surface area contributed by atoms with Gasteiger partial charge in [-0.15, -0.1) is 0 Å². The topological polar surface area (TPSA) is 80.1 Å². The number of benzene rings is 4. The summed E-state index contributed by atoms with van der Waals surface area (Å²) in [6.45, 7) is 17.6. The van der Waals surface area contributed by atoms with Crippen LogP contribution in [0.1, 0.15) is 361 Å². The van der Waals surface area contributed by atoms with E-state index in [1.54, 1.807) is 0 Å². The second kappa shape index (κ2) is 58.2. The predicted octanol–water partition coefficient (Wildman–Crippen LogP) is 28.0. The second-order valence-corrected chi connectivity index (χ2v) is 27.2.